The van der Waals surface area contributed by atoms with Gasteiger partial charge < -0.3 is 71.4 Å². The molecule has 0 spiro atoms. The first-order chi connectivity index (χ1) is 37.4. The molecule has 1 aromatic heterocycles. The molecule has 442 valence electrons. The Balaban J connectivity index is 0.00000953. The highest BCUT2D eigenvalue weighted by molar-refractivity contribution is 5.88. The number of carboxylic acid groups (broad SMARTS) is 1. The molecule has 0 saturated carbocycles. The Morgan fingerprint density at radius 3 is 1.88 bits per heavy atom. The van der Waals surface area contributed by atoms with E-state index in [-0.39, 0.29) is 76.3 Å². The van der Waals surface area contributed by atoms with Crippen LogP contribution in [0.15, 0.2) is 60.8 Å². The molecule has 0 saturated heterocycles. The van der Waals surface area contributed by atoms with Crippen LogP contribution in [0.2, 0.25) is 0 Å². The maximum absolute atomic E-state index is 15.1. The van der Waals surface area contributed by atoms with Crippen molar-refractivity contribution in [1.82, 2.24) is 30.7 Å². The fourth-order valence-corrected chi connectivity index (χ4v) is 7.60. The van der Waals surface area contributed by atoms with E-state index in [1.165, 1.54) is 11.8 Å². The number of rotatable bonds is 35. The maximum Gasteiger partial charge on any atom is 0.328 e. The van der Waals surface area contributed by atoms with Crippen LogP contribution in [0.1, 0.15) is 119 Å². The van der Waals surface area contributed by atoms with E-state index in [2.05, 4.69) is 21.3 Å². The average Bonchev–Trinajstić information content (AvgIpc) is 3.87. The van der Waals surface area contributed by atoms with Gasteiger partial charge in [-0.15, -0.1) is 0 Å². The van der Waals surface area contributed by atoms with Gasteiger partial charge in [-0.1, -0.05) is 92.6 Å². The maximum atomic E-state index is 15.1. The van der Waals surface area contributed by atoms with Crippen LogP contribution in [0, 0.1) is 17.0 Å². The Morgan fingerprint density at radius 2 is 1.33 bits per heavy atom. The predicted octanol–water partition coefficient (Wildman–Crippen LogP) is 5.08. The molecule has 3 rings (SSSR count). The van der Waals surface area contributed by atoms with Gasteiger partial charge in [0.1, 0.15) is 30.3 Å². The smallest absolute Gasteiger partial charge is 0.328 e. The van der Waals surface area contributed by atoms with E-state index in [1.807, 2.05) is 97.2 Å². The first-order valence-electron chi connectivity index (χ1n) is 27.1. The molecule has 0 radical (unpaired) electrons. The van der Waals surface area contributed by atoms with Gasteiger partial charge in [-0.2, -0.15) is 0 Å². The Hall–Kier alpha value is -5.88. The van der Waals surface area contributed by atoms with Crippen molar-refractivity contribution in [2.75, 3.05) is 85.6 Å². The number of amides is 5. The molecule has 2 aromatic carbocycles. The summed E-state index contributed by atoms with van der Waals surface area (Å²) in [6.45, 7) is 20.4. The van der Waals surface area contributed by atoms with Crippen LogP contribution in [0.3, 0.4) is 0 Å². The SMILES string of the molecule is CC.CC.CC.CC(=O)NC(CCCCN)C(=O)NCCOCCOCCOCCOCCC(=O)NC[C@@H](NC(=O)C(N)CCN(C(=O)CO)C(c1cc(-c2cc(F)ccc2F)cn1Cc1ccccc1)C(C)(C)C)C(=O)O. The van der Waals surface area contributed by atoms with Crippen molar-refractivity contribution in [3.8, 4) is 11.1 Å². The molecule has 78 heavy (non-hydrogen) atoms. The van der Waals surface area contributed by atoms with Crippen LogP contribution < -0.4 is 32.7 Å². The number of nitrogens with zero attached hydrogens (tertiary/aromatic N) is 2. The quantitative estimate of drug-likeness (QED) is 0.0357. The Kier molecular flexibility index (Phi) is 38.9. The third-order valence-electron chi connectivity index (χ3n) is 11.1. The van der Waals surface area contributed by atoms with Crippen LogP contribution >= 0.6 is 0 Å². The average molecular weight is 1110 g/mol. The number of unbranched alkanes of at least 4 members (excludes halogenated alkanes) is 1. The van der Waals surface area contributed by atoms with Crippen LogP contribution in [-0.2, 0) is 54.3 Å². The molecule has 4 atom stereocenters. The van der Waals surface area contributed by atoms with Crippen molar-refractivity contribution in [3.63, 3.8) is 0 Å². The number of nitrogens with two attached hydrogens (primary N) is 2. The molecule has 0 bridgehead atoms. The van der Waals surface area contributed by atoms with E-state index in [0.29, 0.717) is 50.6 Å². The fraction of sp³-hybridized carbons (Fsp3) is 0.607. The van der Waals surface area contributed by atoms with Gasteiger partial charge in [0.15, 0.2) is 0 Å². The number of carboxylic acids is 1. The highest BCUT2D eigenvalue weighted by Gasteiger charge is 2.38. The molecule has 3 unspecified atom stereocenters. The van der Waals surface area contributed by atoms with Gasteiger partial charge in [0.05, 0.1) is 64.9 Å². The number of halogens is 2. The van der Waals surface area contributed by atoms with Crippen molar-refractivity contribution in [1.29, 1.82) is 0 Å². The molecular formula is C56H92F2N8O12. The molecule has 5 amide bonds. The molecule has 3 aromatic rings. The van der Waals surface area contributed by atoms with Crippen molar-refractivity contribution >= 4 is 35.5 Å². The first-order valence-corrected chi connectivity index (χ1v) is 27.1. The molecule has 20 nitrogen and oxygen atoms in total. The standard InChI is InChI=1S/C50H74F2N8O12.3C2H6/c1-34(62)57-41(12-8-9-17-53)48(66)55-18-21-70-23-25-72-27-26-71-24-22-69-20-16-44(63)56-30-42(49(67)68)58-47(65)40(54)15-19-60(45(64)33-61)46(50(2,3)4)43-28-36(38-29-37(51)13-14-39(38)52)32-59(43)31-35-10-6-5-7-11-35;3*1-2/h5-7,10-11,13-14,28-29,32,40-42,46,61H,8-9,12,15-27,30-31,33,53-54H2,1-4H3,(H,55,66)(H,56,63)(H,57,62)(H,58,65)(H,67,68);3*1-2H3/t40?,41?,42-,46?;;;/m1.../s1. The van der Waals surface area contributed by atoms with E-state index in [1.54, 1.807) is 12.3 Å². The summed E-state index contributed by atoms with van der Waals surface area (Å²) in [7, 11) is 0. The number of hydrogen-bond acceptors (Lipinski definition) is 13. The summed E-state index contributed by atoms with van der Waals surface area (Å²) in [4.78, 5) is 76.6. The minimum Gasteiger partial charge on any atom is -0.480 e. The molecule has 1 heterocycles. The molecule has 0 aliphatic rings. The largest absolute Gasteiger partial charge is 0.480 e. The lowest BCUT2D eigenvalue weighted by molar-refractivity contribution is -0.142. The van der Waals surface area contributed by atoms with Crippen molar-refractivity contribution < 1.29 is 66.7 Å². The van der Waals surface area contributed by atoms with E-state index in [9.17, 15) is 43.4 Å². The minimum atomic E-state index is -1.55. The summed E-state index contributed by atoms with van der Waals surface area (Å²) in [5, 5.41) is 30.2. The summed E-state index contributed by atoms with van der Waals surface area (Å²) in [6, 6.07) is 9.88. The van der Waals surface area contributed by atoms with Crippen LogP contribution in [0.4, 0.5) is 8.78 Å². The Bertz CT molecular complexity index is 2160. The zero-order valence-corrected chi connectivity index (χ0v) is 47.8. The van der Waals surface area contributed by atoms with Gasteiger partial charge in [0, 0.05) is 62.5 Å². The number of nitrogens with one attached hydrogen (secondary N) is 4. The van der Waals surface area contributed by atoms with Crippen LogP contribution in [0.25, 0.3) is 11.1 Å². The summed E-state index contributed by atoms with van der Waals surface area (Å²) in [6.07, 6.45) is 3.38. The Morgan fingerprint density at radius 1 is 0.744 bits per heavy atom. The zero-order valence-electron chi connectivity index (χ0n) is 47.8. The number of ether oxygens (including phenoxy) is 4. The van der Waals surface area contributed by atoms with Gasteiger partial charge in [-0.05, 0) is 67.5 Å². The second kappa shape index (κ2) is 42.1. The number of carbonyl (C=O) groups excluding carboxylic acids is 5. The fourth-order valence-electron chi connectivity index (χ4n) is 7.60. The zero-order chi connectivity index (χ0) is 59.1. The summed E-state index contributed by atoms with van der Waals surface area (Å²) >= 11 is 0. The van der Waals surface area contributed by atoms with E-state index in [0.717, 1.165) is 36.6 Å². The second-order valence-corrected chi connectivity index (χ2v) is 18.0. The number of carbonyl (C=O) groups is 6. The van der Waals surface area contributed by atoms with Crippen LogP contribution in [0.5, 0.6) is 0 Å². The summed E-state index contributed by atoms with van der Waals surface area (Å²) < 4.78 is 53.1. The number of hydrogen-bond donors (Lipinski definition) is 8. The molecule has 22 heteroatoms. The second-order valence-electron chi connectivity index (χ2n) is 18.0. The van der Waals surface area contributed by atoms with Gasteiger partial charge in [0.2, 0.25) is 29.5 Å². The lowest BCUT2D eigenvalue weighted by Crippen LogP contribution is -2.53. The van der Waals surface area contributed by atoms with Gasteiger partial charge in [0.25, 0.3) is 0 Å². The number of aliphatic carboxylic acids is 1. The third kappa shape index (κ3) is 28.7. The minimum absolute atomic E-state index is 0.0111. The van der Waals surface area contributed by atoms with E-state index < -0.39 is 78.1 Å². The normalized spacial score (nSPS) is 12.3. The lowest BCUT2D eigenvalue weighted by Gasteiger charge is -2.41. The topological polar surface area (TPSA) is 288 Å². The van der Waals surface area contributed by atoms with E-state index in [4.69, 9.17) is 30.4 Å². The summed E-state index contributed by atoms with van der Waals surface area (Å²) in [5.74, 6) is -5.37. The number of aromatic nitrogens is 1. The predicted molar refractivity (Wildman–Crippen MR) is 297 cm³/mol. The van der Waals surface area contributed by atoms with Gasteiger partial charge in [-0.3, -0.25) is 24.0 Å². The number of benzene rings is 2. The van der Waals surface area contributed by atoms with Gasteiger partial charge >= 0.3 is 5.97 Å². The van der Waals surface area contributed by atoms with Crippen LogP contribution in [-0.4, -0.2) is 159 Å². The Labute approximate surface area is 461 Å². The highest BCUT2D eigenvalue weighted by atomic mass is 19.1. The molecular weight excluding hydrogens is 1010 g/mol. The van der Waals surface area contributed by atoms with Gasteiger partial charge in [-0.25, -0.2) is 13.6 Å². The number of aliphatic hydroxyl groups excluding tert-OH is 1. The summed E-state index contributed by atoms with van der Waals surface area (Å²) in [5.41, 5.74) is 12.8. The monoisotopic (exact) mass is 1110 g/mol. The van der Waals surface area contributed by atoms with Crippen molar-refractivity contribution in [2.45, 2.75) is 132 Å². The first kappa shape index (κ1) is 72.1. The lowest BCUT2D eigenvalue weighted by atomic mass is 9.82. The van der Waals surface area contributed by atoms with Crippen molar-refractivity contribution in [3.05, 3.63) is 83.7 Å². The highest BCUT2D eigenvalue weighted by Crippen LogP contribution is 2.41. The molecule has 10 N–H and O–H groups in total. The number of aliphatic hydroxyl groups is 1. The third-order valence-corrected chi connectivity index (χ3v) is 11.1. The molecule has 0 aliphatic carbocycles. The van der Waals surface area contributed by atoms with E-state index >= 15 is 4.39 Å². The molecule has 0 fully saturated rings. The molecule has 0 aliphatic heterocycles. The van der Waals surface area contributed by atoms with Crippen molar-refractivity contribution in [2.24, 2.45) is 16.9 Å².